The number of aromatic nitrogens is 1. The number of methoxy groups -OCH3 is 2. The fraction of sp³-hybridized carbons (Fsp3) is 0.0714. The van der Waals surface area contributed by atoms with Crippen LogP contribution in [0.25, 0.3) is 33.9 Å². The maximum atomic E-state index is 12.1. The van der Waals surface area contributed by atoms with Crippen molar-refractivity contribution >= 4 is 34.9 Å². The van der Waals surface area contributed by atoms with Gasteiger partial charge in [-0.3, -0.25) is 4.99 Å². The monoisotopic (exact) mass is 496 g/mol. The van der Waals surface area contributed by atoms with E-state index in [1.54, 1.807) is 42.5 Å². The van der Waals surface area contributed by atoms with Gasteiger partial charge in [-0.1, -0.05) is 12.1 Å². The number of aliphatic imine (C=N–C) groups is 1. The van der Waals surface area contributed by atoms with Gasteiger partial charge in [-0.2, -0.15) is 0 Å². The van der Waals surface area contributed by atoms with Crippen molar-refractivity contribution < 1.29 is 33.0 Å². The lowest BCUT2D eigenvalue weighted by molar-refractivity contribution is 0.0599. The largest absolute Gasteiger partial charge is 0.507 e. The number of nitrogens with zero attached hydrogens (tertiary/aromatic N) is 2. The number of benzene rings is 3. The van der Waals surface area contributed by atoms with Crippen LogP contribution in [0.2, 0.25) is 0 Å². The van der Waals surface area contributed by atoms with E-state index in [0.717, 1.165) is 0 Å². The minimum absolute atomic E-state index is 0.0117. The van der Waals surface area contributed by atoms with Crippen molar-refractivity contribution in [2.45, 2.75) is 0 Å². The maximum absolute atomic E-state index is 12.1. The van der Waals surface area contributed by atoms with E-state index in [9.17, 15) is 14.7 Å². The summed E-state index contributed by atoms with van der Waals surface area (Å²) in [6.45, 7) is 0. The number of esters is 2. The van der Waals surface area contributed by atoms with Crippen molar-refractivity contribution in [3.05, 3.63) is 89.7 Å². The lowest BCUT2D eigenvalue weighted by Gasteiger charge is -2.06. The number of fused-ring (bicyclic) bond motifs is 1. The molecule has 9 nitrogen and oxygen atoms in total. The van der Waals surface area contributed by atoms with E-state index in [1.807, 2.05) is 18.2 Å². The first kappa shape index (κ1) is 23.6. The van der Waals surface area contributed by atoms with Gasteiger partial charge < -0.3 is 23.4 Å². The highest BCUT2D eigenvalue weighted by atomic mass is 16.5. The number of hydrogen-bond donors (Lipinski definition) is 1. The minimum atomic E-state index is -0.595. The second-order valence-corrected chi connectivity index (χ2v) is 7.93. The number of ether oxygens (including phenoxy) is 2. The number of carbonyl (C=O) groups is 2. The average Bonchev–Trinajstić information content (AvgIpc) is 3.58. The molecule has 0 saturated heterocycles. The molecule has 0 radical (unpaired) electrons. The lowest BCUT2D eigenvalue weighted by atomic mass is 10.0. The van der Waals surface area contributed by atoms with Gasteiger partial charge in [0.1, 0.15) is 22.8 Å². The zero-order chi connectivity index (χ0) is 25.9. The van der Waals surface area contributed by atoms with Gasteiger partial charge in [0.25, 0.3) is 0 Å². The molecule has 0 atom stereocenters. The molecule has 0 aliphatic rings. The predicted octanol–water partition coefficient (Wildman–Crippen LogP) is 5.78. The van der Waals surface area contributed by atoms with Gasteiger partial charge in [0.2, 0.25) is 5.89 Å². The molecular weight excluding hydrogens is 476 g/mol. The maximum Gasteiger partial charge on any atom is 0.337 e. The summed E-state index contributed by atoms with van der Waals surface area (Å²) in [4.78, 5) is 33.0. The first-order valence-electron chi connectivity index (χ1n) is 11.1. The number of rotatable bonds is 6. The van der Waals surface area contributed by atoms with Crippen molar-refractivity contribution in [3.8, 4) is 28.5 Å². The lowest BCUT2D eigenvalue weighted by Crippen LogP contribution is -2.06. The molecule has 0 aliphatic heterocycles. The SMILES string of the molecule is COC(=O)c1cc(C(=O)OC)cc(-c2ccc(C=Nc3ccc(O)c(-c4nc5ccccc5o4)c3)o2)c1. The summed E-state index contributed by atoms with van der Waals surface area (Å²) >= 11 is 0. The third-order valence-corrected chi connectivity index (χ3v) is 5.53. The van der Waals surface area contributed by atoms with Crippen LogP contribution in [0.1, 0.15) is 26.5 Å². The second kappa shape index (κ2) is 9.82. The Labute approximate surface area is 210 Å². The molecular formula is C28H20N2O7. The molecule has 5 aromatic rings. The number of aromatic hydroxyl groups is 1. The Kier molecular flexibility index (Phi) is 6.25. The molecule has 9 heteroatoms. The van der Waals surface area contributed by atoms with Crippen LogP contribution >= 0.6 is 0 Å². The Morgan fingerprint density at radius 1 is 0.892 bits per heavy atom. The number of furan rings is 1. The fourth-order valence-corrected chi connectivity index (χ4v) is 3.72. The van der Waals surface area contributed by atoms with Gasteiger partial charge in [-0.05, 0) is 60.7 Å². The molecule has 2 aromatic heterocycles. The van der Waals surface area contributed by atoms with E-state index in [0.29, 0.717) is 39.4 Å². The van der Waals surface area contributed by atoms with E-state index in [1.165, 1.54) is 32.6 Å². The van der Waals surface area contributed by atoms with Crippen LogP contribution in [-0.4, -0.2) is 42.5 Å². The van der Waals surface area contributed by atoms with Gasteiger partial charge in [0, 0.05) is 5.56 Å². The topological polar surface area (TPSA) is 124 Å². The minimum Gasteiger partial charge on any atom is -0.507 e. The molecule has 184 valence electrons. The molecule has 0 aliphatic carbocycles. The zero-order valence-corrected chi connectivity index (χ0v) is 19.8. The van der Waals surface area contributed by atoms with Crippen molar-refractivity contribution in [2.75, 3.05) is 14.2 Å². The Balaban J connectivity index is 1.43. The summed E-state index contributed by atoms with van der Waals surface area (Å²) < 4.78 is 21.2. The fourth-order valence-electron chi connectivity index (χ4n) is 3.72. The van der Waals surface area contributed by atoms with Crippen LogP contribution in [-0.2, 0) is 9.47 Å². The van der Waals surface area contributed by atoms with Gasteiger partial charge >= 0.3 is 11.9 Å². The molecule has 0 amide bonds. The molecule has 2 heterocycles. The first-order chi connectivity index (χ1) is 17.9. The highest BCUT2D eigenvalue weighted by Crippen LogP contribution is 2.34. The molecule has 0 bridgehead atoms. The molecule has 0 fully saturated rings. The van der Waals surface area contributed by atoms with E-state index < -0.39 is 11.9 Å². The molecule has 5 rings (SSSR count). The van der Waals surface area contributed by atoms with Gasteiger partial charge in [-0.25, -0.2) is 14.6 Å². The number of hydrogen-bond acceptors (Lipinski definition) is 9. The van der Waals surface area contributed by atoms with Crippen LogP contribution < -0.4 is 0 Å². The third kappa shape index (κ3) is 4.83. The molecule has 0 unspecified atom stereocenters. The van der Waals surface area contributed by atoms with Gasteiger partial charge in [0.15, 0.2) is 5.58 Å². The van der Waals surface area contributed by atoms with Gasteiger partial charge in [-0.15, -0.1) is 0 Å². The Morgan fingerprint density at radius 3 is 2.32 bits per heavy atom. The second-order valence-electron chi connectivity index (χ2n) is 7.93. The number of phenols is 1. The summed E-state index contributed by atoms with van der Waals surface area (Å²) in [5.41, 5.74) is 3.09. The van der Waals surface area contributed by atoms with E-state index in [2.05, 4.69) is 9.98 Å². The number of para-hydroxylation sites is 2. The summed E-state index contributed by atoms with van der Waals surface area (Å²) in [7, 11) is 2.51. The van der Waals surface area contributed by atoms with E-state index in [4.69, 9.17) is 18.3 Å². The normalized spacial score (nSPS) is 11.2. The smallest absolute Gasteiger partial charge is 0.337 e. The number of carbonyl (C=O) groups excluding carboxylic acids is 2. The highest BCUT2D eigenvalue weighted by molar-refractivity contribution is 5.97. The van der Waals surface area contributed by atoms with Gasteiger partial charge in [0.05, 0.1) is 42.8 Å². The molecule has 37 heavy (non-hydrogen) atoms. The van der Waals surface area contributed by atoms with Crippen molar-refractivity contribution in [3.63, 3.8) is 0 Å². The van der Waals surface area contributed by atoms with Crippen molar-refractivity contribution in [1.29, 1.82) is 0 Å². The summed E-state index contributed by atoms with van der Waals surface area (Å²) in [6.07, 6.45) is 1.51. The number of phenolic OH excluding ortho intramolecular Hbond substituents is 1. The quantitative estimate of drug-likeness (QED) is 0.232. The van der Waals surface area contributed by atoms with Crippen LogP contribution in [0.15, 0.2) is 86.6 Å². The zero-order valence-electron chi connectivity index (χ0n) is 19.8. The average molecular weight is 496 g/mol. The Bertz CT molecular complexity index is 1600. The summed E-state index contributed by atoms with van der Waals surface area (Å²) in [5, 5.41) is 10.4. The third-order valence-electron chi connectivity index (χ3n) is 5.53. The van der Waals surface area contributed by atoms with Crippen LogP contribution in [0.3, 0.4) is 0 Å². The predicted molar refractivity (Wildman–Crippen MR) is 135 cm³/mol. The summed E-state index contributed by atoms with van der Waals surface area (Å²) in [5.74, 6) is -0.0599. The number of oxazole rings is 1. The van der Waals surface area contributed by atoms with E-state index >= 15 is 0 Å². The first-order valence-corrected chi connectivity index (χ1v) is 11.1. The molecule has 0 spiro atoms. The Hall–Kier alpha value is -5.18. The standard InChI is InChI=1S/C28H20N2O7/c1-34-27(32)17-11-16(12-18(13-17)28(33)35-2)24-10-8-20(36-24)15-29-19-7-9-23(31)21(14-19)26-30-22-5-3-4-6-25(22)37-26/h3-15,31H,1-2H3. The summed E-state index contributed by atoms with van der Waals surface area (Å²) in [6, 6.07) is 20.0. The molecule has 1 N–H and O–H groups in total. The van der Waals surface area contributed by atoms with Crippen LogP contribution in [0, 0.1) is 0 Å². The van der Waals surface area contributed by atoms with E-state index in [-0.39, 0.29) is 22.8 Å². The molecule has 0 saturated carbocycles. The van der Waals surface area contributed by atoms with Crippen LogP contribution in [0.5, 0.6) is 5.75 Å². The van der Waals surface area contributed by atoms with Crippen LogP contribution in [0.4, 0.5) is 5.69 Å². The van der Waals surface area contributed by atoms with Crippen molar-refractivity contribution in [1.82, 2.24) is 4.98 Å². The highest BCUT2D eigenvalue weighted by Gasteiger charge is 2.16. The Morgan fingerprint density at radius 2 is 1.62 bits per heavy atom. The van der Waals surface area contributed by atoms with Crippen molar-refractivity contribution in [2.24, 2.45) is 4.99 Å². The molecule has 3 aromatic carbocycles.